The highest BCUT2D eigenvalue weighted by Crippen LogP contribution is 2.23. The van der Waals surface area contributed by atoms with Crippen LogP contribution in [0.2, 0.25) is 0 Å². The molecule has 0 amide bonds. The summed E-state index contributed by atoms with van der Waals surface area (Å²) in [6.07, 6.45) is 3.60. The van der Waals surface area contributed by atoms with Gasteiger partial charge in [0.25, 0.3) is 0 Å². The third-order valence-electron chi connectivity index (χ3n) is 5.43. The van der Waals surface area contributed by atoms with Crippen molar-refractivity contribution in [1.29, 1.82) is 0 Å². The van der Waals surface area contributed by atoms with Crippen LogP contribution >= 0.6 is 11.3 Å². The van der Waals surface area contributed by atoms with Crippen molar-refractivity contribution >= 4 is 17.3 Å². The SMILES string of the molecule is CN=C(NCCN1CCc2sccc2C1)NC1CCN(C(C)C)CC1. The molecule has 0 spiro atoms. The van der Waals surface area contributed by atoms with E-state index >= 15 is 0 Å². The molecule has 6 heteroatoms. The summed E-state index contributed by atoms with van der Waals surface area (Å²) in [4.78, 5) is 11.1. The molecule has 2 aliphatic heterocycles. The number of thiophene rings is 1. The lowest BCUT2D eigenvalue weighted by Gasteiger charge is -2.35. The van der Waals surface area contributed by atoms with Crippen LogP contribution in [0.4, 0.5) is 0 Å². The molecule has 0 radical (unpaired) electrons. The maximum atomic E-state index is 4.41. The summed E-state index contributed by atoms with van der Waals surface area (Å²) in [6, 6.07) is 3.49. The van der Waals surface area contributed by atoms with Crippen molar-refractivity contribution in [1.82, 2.24) is 20.4 Å². The fourth-order valence-corrected chi connectivity index (χ4v) is 4.67. The van der Waals surface area contributed by atoms with Gasteiger partial charge >= 0.3 is 0 Å². The van der Waals surface area contributed by atoms with E-state index in [4.69, 9.17) is 0 Å². The quantitative estimate of drug-likeness (QED) is 0.621. The van der Waals surface area contributed by atoms with Crippen molar-refractivity contribution in [3.05, 3.63) is 21.9 Å². The number of hydrogen-bond acceptors (Lipinski definition) is 4. The number of likely N-dealkylation sites (tertiary alicyclic amines) is 1. The first-order valence-corrected chi connectivity index (χ1v) is 10.5. The van der Waals surface area contributed by atoms with E-state index in [1.165, 1.54) is 44.5 Å². The molecule has 0 bridgehead atoms. The minimum absolute atomic E-state index is 0.546. The van der Waals surface area contributed by atoms with Gasteiger partial charge in [-0.1, -0.05) is 0 Å². The molecule has 0 aliphatic carbocycles. The van der Waals surface area contributed by atoms with Gasteiger partial charge in [-0.15, -0.1) is 11.3 Å². The number of nitrogens with zero attached hydrogens (tertiary/aromatic N) is 3. The maximum Gasteiger partial charge on any atom is 0.191 e. The highest BCUT2D eigenvalue weighted by Gasteiger charge is 2.21. The molecule has 0 atom stereocenters. The van der Waals surface area contributed by atoms with E-state index in [1.54, 1.807) is 4.88 Å². The molecule has 1 saturated heterocycles. The smallest absolute Gasteiger partial charge is 0.191 e. The molecule has 0 unspecified atom stereocenters. The van der Waals surface area contributed by atoms with E-state index in [2.05, 4.69) is 50.7 Å². The van der Waals surface area contributed by atoms with Crippen LogP contribution in [0.3, 0.4) is 0 Å². The van der Waals surface area contributed by atoms with Gasteiger partial charge in [-0.25, -0.2) is 0 Å². The Labute approximate surface area is 156 Å². The van der Waals surface area contributed by atoms with Crippen molar-refractivity contribution < 1.29 is 0 Å². The molecule has 2 aliphatic rings. The number of guanidine groups is 1. The molecule has 0 saturated carbocycles. The Bertz CT molecular complexity index is 560. The topological polar surface area (TPSA) is 42.9 Å². The summed E-state index contributed by atoms with van der Waals surface area (Å²) in [6.45, 7) is 11.2. The largest absolute Gasteiger partial charge is 0.355 e. The lowest BCUT2D eigenvalue weighted by molar-refractivity contribution is 0.167. The standard InChI is InChI=1S/C19H33N5S/c1-15(2)24-10-4-17(5-11-24)22-19(20-3)21-8-12-23-9-6-18-16(14-23)7-13-25-18/h7,13,15,17H,4-6,8-12,14H2,1-3H3,(H2,20,21,22). The van der Waals surface area contributed by atoms with Gasteiger partial charge in [0.05, 0.1) is 0 Å². The molecule has 1 aromatic heterocycles. The molecule has 140 valence electrons. The number of rotatable bonds is 5. The fourth-order valence-electron chi connectivity index (χ4n) is 3.78. The second kappa shape index (κ2) is 9.01. The van der Waals surface area contributed by atoms with Gasteiger partial charge in [-0.05, 0) is 50.1 Å². The first-order valence-electron chi connectivity index (χ1n) is 9.64. The number of fused-ring (bicyclic) bond motifs is 1. The predicted octanol–water partition coefficient (Wildman–Crippen LogP) is 2.14. The predicted molar refractivity (Wildman–Crippen MR) is 108 cm³/mol. The summed E-state index contributed by atoms with van der Waals surface area (Å²) in [5.41, 5.74) is 1.52. The van der Waals surface area contributed by atoms with Crippen LogP contribution in [0.25, 0.3) is 0 Å². The molecule has 25 heavy (non-hydrogen) atoms. The number of hydrogen-bond donors (Lipinski definition) is 2. The van der Waals surface area contributed by atoms with Gasteiger partial charge in [0.2, 0.25) is 0 Å². The molecule has 5 nitrogen and oxygen atoms in total. The molecule has 3 heterocycles. The fraction of sp³-hybridized carbons (Fsp3) is 0.737. The van der Waals surface area contributed by atoms with Crippen molar-refractivity contribution in [3.8, 4) is 0 Å². The third kappa shape index (κ3) is 5.19. The Balaban J connectivity index is 1.36. The minimum Gasteiger partial charge on any atom is -0.355 e. The van der Waals surface area contributed by atoms with Crippen LogP contribution in [-0.2, 0) is 13.0 Å². The summed E-state index contributed by atoms with van der Waals surface area (Å²) < 4.78 is 0. The third-order valence-corrected chi connectivity index (χ3v) is 6.45. The van der Waals surface area contributed by atoms with Gasteiger partial charge in [-0.2, -0.15) is 0 Å². The van der Waals surface area contributed by atoms with E-state index in [0.29, 0.717) is 12.1 Å². The van der Waals surface area contributed by atoms with Gasteiger partial charge < -0.3 is 15.5 Å². The first kappa shape index (κ1) is 18.7. The van der Waals surface area contributed by atoms with Crippen LogP contribution in [0.1, 0.15) is 37.1 Å². The average Bonchev–Trinajstić information content (AvgIpc) is 3.09. The molecular formula is C19H33N5S. The van der Waals surface area contributed by atoms with Gasteiger partial charge in [0.15, 0.2) is 5.96 Å². The zero-order chi connectivity index (χ0) is 17.6. The minimum atomic E-state index is 0.546. The van der Waals surface area contributed by atoms with Gasteiger partial charge in [0, 0.05) is 63.3 Å². The summed E-state index contributed by atoms with van der Waals surface area (Å²) in [5, 5.41) is 9.34. The lowest BCUT2D eigenvalue weighted by Crippen LogP contribution is -2.50. The Hall–Kier alpha value is -1.11. The normalized spacial score (nSPS) is 20.7. The molecule has 2 N–H and O–H groups in total. The van der Waals surface area contributed by atoms with E-state index in [0.717, 1.165) is 25.6 Å². The van der Waals surface area contributed by atoms with E-state index in [-0.39, 0.29) is 0 Å². The average molecular weight is 364 g/mol. The molecule has 1 fully saturated rings. The second-order valence-corrected chi connectivity index (χ2v) is 8.44. The van der Waals surface area contributed by atoms with Crippen molar-refractivity contribution in [2.24, 2.45) is 4.99 Å². The van der Waals surface area contributed by atoms with Crippen LogP contribution in [-0.4, -0.2) is 67.6 Å². The highest BCUT2D eigenvalue weighted by molar-refractivity contribution is 7.10. The summed E-state index contributed by atoms with van der Waals surface area (Å²) in [7, 11) is 1.87. The summed E-state index contributed by atoms with van der Waals surface area (Å²) in [5.74, 6) is 0.955. The molecular weight excluding hydrogens is 330 g/mol. The Morgan fingerprint density at radius 3 is 2.84 bits per heavy atom. The zero-order valence-corrected chi connectivity index (χ0v) is 16.7. The van der Waals surface area contributed by atoms with Crippen molar-refractivity contribution in [3.63, 3.8) is 0 Å². The summed E-state index contributed by atoms with van der Waals surface area (Å²) >= 11 is 1.91. The highest BCUT2D eigenvalue weighted by atomic mass is 32.1. The van der Waals surface area contributed by atoms with Crippen LogP contribution in [0.15, 0.2) is 16.4 Å². The number of piperidine rings is 1. The number of aliphatic imine (C=N–C) groups is 1. The maximum absolute atomic E-state index is 4.41. The van der Waals surface area contributed by atoms with E-state index in [9.17, 15) is 0 Å². The molecule has 0 aromatic carbocycles. The van der Waals surface area contributed by atoms with Crippen LogP contribution < -0.4 is 10.6 Å². The van der Waals surface area contributed by atoms with E-state index < -0.39 is 0 Å². The van der Waals surface area contributed by atoms with Crippen LogP contribution in [0.5, 0.6) is 0 Å². The molecule has 1 aromatic rings. The Morgan fingerprint density at radius 1 is 1.32 bits per heavy atom. The van der Waals surface area contributed by atoms with Gasteiger partial charge in [-0.3, -0.25) is 9.89 Å². The lowest BCUT2D eigenvalue weighted by atomic mass is 10.0. The second-order valence-electron chi connectivity index (χ2n) is 7.44. The Morgan fingerprint density at radius 2 is 2.12 bits per heavy atom. The van der Waals surface area contributed by atoms with Crippen molar-refractivity contribution in [2.75, 3.05) is 39.8 Å². The first-order chi connectivity index (χ1) is 12.2. The van der Waals surface area contributed by atoms with Gasteiger partial charge in [0.1, 0.15) is 0 Å². The monoisotopic (exact) mass is 363 g/mol. The van der Waals surface area contributed by atoms with E-state index in [1.807, 2.05) is 18.4 Å². The number of nitrogens with one attached hydrogen (secondary N) is 2. The van der Waals surface area contributed by atoms with Crippen LogP contribution in [0, 0.1) is 0 Å². The molecule has 3 rings (SSSR count). The zero-order valence-electron chi connectivity index (χ0n) is 15.9. The van der Waals surface area contributed by atoms with Crippen molar-refractivity contribution in [2.45, 2.75) is 51.7 Å². The Kier molecular flexibility index (Phi) is 6.73.